The van der Waals surface area contributed by atoms with E-state index in [9.17, 15) is 5.11 Å². The molecule has 0 atom stereocenters. The first kappa shape index (κ1) is 9.84. The zero-order valence-corrected chi connectivity index (χ0v) is 9.33. The molecule has 1 N–H and O–H groups in total. The molecule has 0 bridgehead atoms. The molecule has 0 radical (unpaired) electrons. The summed E-state index contributed by atoms with van der Waals surface area (Å²) in [4.78, 5) is 8.79. The fraction of sp³-hybridized carbons (Fsp3) is 0.0769. The second-order valence-electron chi connectivity index (χ2n) is 3.88. The number of benzene rings is 1. The molecule has 0 saturated heterocycles. The molecule has 3 rings (SSSR count). The molecule has 4 nitrogen and oxygen atoms in total. The van der Waals surface area contributed by atoms with Crippen molar-refractivity contribution >= 4 is 11.0 Å². The fourth-order valence-corrected chi connectivity index (χ4v) is 1.90. The first-order chi connectivity index (χ1) is 8.25. The van der Waals surface area contributed by atoms with Crippen molar-refractivity contribution in [3.63, 3.8) is 0 Å². The molecule has 0 aliphatic rings. The zero-order chi connectivity index (χ0) is 11.8. The molecule has 84 valence electrons. The summed E-state index contributed by atoms with van der Waals surface area (Å²) in [7, 11) is 1.92. The molecule has 0 aliphatic carbocycles. The van der Waals surface area contributed by atoms with E-state index in [-0.39, 0.29) is 5.75 Å². The summed E-state index contributed by atoms with van der Waals surface area (Å²) in [6.07, 6.45) is 1.74. The molecule has 0 saturated carbocycles. The van der Waals surface area contributed by atoms with Crippen molar-refractivity contribution in [1.29, 1.82) is 0 Å². The lowest BCUT2D eigenvalue weighted by atomic mass is 10.3. The third kappa shape index (κ3) is 1.54. The minimum absolute atomic E-state index is 0.244. The lowest BCUT2D eigenvalue weighted by molar-refractivity contribution is 0.476. The normalized spacial score (nSPS) is 10.9. The number of pyridine rings is 1. The minimum Gasteiger partial charge on any atom is -0.508 e. The maximum absolute atomic E-state index is 9.48. The summed E-state index contributed by atoms with van der Waals surface area (Å²) in [6.45, 7) is 0. The van der Waals surface area contributed by atoms with Gasteiger partial charge in [-0.2, -0.15) is 0 Å². The Morgan fingerprint density at radius 2 is 2.06 bits per heavy atom. The van der Waals surface area contributed by atoms with E-state index in [2.05, 4.69) is 9.97 Å². The number of nitrogens with zero attached hydrogens (tertiary/aromatic N) is 3. The molecule has 0 aliphatic heterocycles. The third-order valence-corrected chi connectivity index (χ3v) is 2.76. The molecule has 1 aromatic carbocycles. The first-order valence-corrected chi connectivity index (χ1v) is 5.32. The van der Waals surface area contributed by atoms with Gasteiger partial charge in [0.1, 0.15) is 11.4 Å². The molecule has 0 amide bonds. The van der Waals surface area contributed by atoms with Crippen molar-refractivity contribution in [3.05, 3.63) is 42.6 Å². The van der Waals surface area contributed by atoms with Gasteiger partial charge < -0.3 is 9.67 Å². The molecule has 3 aromatic rings. The predicted octanol–water partition coefficient (Wildman–Crippen LogP) is 2.34. The van der Waals surface area contributed by atoms with Crippen LogP contribution in [-0.2, 0) is 7.05 Å². The first-order valence-electron chi connectivity index (χ1n) is 5.32. The Labute approximate surface area is 98.2 Å². The number of aryl methyl sites for hydroxylation is 1. The number of rotatable bonds is 1. The van der Waals surface area contributed by atoms with E-state index < -0.39 is 0 Å². The highest BCUT2D eigenvalue weighted by molar-refractivity contribution is 5.81. The predicted molar refractivity (Wildman–Crippen MR) is 65.6 cm³/mol. The van der Waals surface area contributed by atoms with Crippen molar-refractivity contribution < 1.29 is 5.11 Å². The van der Waals surface area contributed by atoms with Crippen LogP contribution in [0.15, 0.2) is 42.6 Å². The summed E-state index contributed by atoms with van der Waals surface area (Å²) in [5, 5.41) is 9.48. The van der Waals surface area contributed by atoms with E-state index in [4.69, 9.17) is 0 Å². The van der Waals surface area contributed by atoms with Crippen LogP contribution in [-0.4, -0.2) is 19.6 Å². The molecule has 2 heterocycles. The van der Waals surface area contributed by atoms with Gasteiger partial charge in [-0.25, -0.2) is 4.98 Å². The monoisotopic (exact) mass is 225 g/mol. The maximum Gasteiger partial charge on any atom is 0.159 e. The van der Waals surface area contributed by atoms with Crippen molar-refractivity contribution in [3.8, 4) is 17.3 Å². The van der Waals surface area contributed by atoms with E-state index in [1.165, 1.54) is 0 Å². The van der Waals surface area contributed by atoms with Gasteiger partial charge in [0.25, 0.3) is 0 Å². The summed E-state index contributed by atoms with van der Waals surface area (Å²) >= 11 is 0. The van der Waals surface area contributed by atoms with Gasteiger partial charge in [-0.15, -0.1) is 0 Å². The standard InChI is InChI=1S/C13H11N3O/c1-16-12-8-9(17)5-6-10(12)15-13(16)11-4-2-3-7-14-11/h2-8,17H,1H3. The van der Waals surface area contributed by atoms with Gasteiger partial charge in [0.05, 0.1) is 11.0 Å². The number of aromatic nitrogens is 3. The molecule has 2 aromatic heterocycles. The average molecular weight is 225 g/mol. The smallest absolute Gasteiger partial charge is 0.159 e. The summed E-state index contributed by atoms with van der Waals surface area (Å²) in [5.41, 5.74) is 2.57. The van der Waals surface area contributed by atoms with Crippen LogP contribution in [0.4, 0.5) is 0 Å². The third-order valence-electron chi connectivity index (χ3n) is 2.76. The molecule has 0 unspecified atom stereocenters. The van der Waals surface area contributed by atoms with Crippen molar-refractivity contribution in [2.75, 3.05) is 0 Å². The Bertz CT molecular complexity index is 674. The van der Waals surface area contributed by atoms with Crippen LogP contribution in [0.5, 0.6) is 5.75 Å². The fourth-order valence-electron chi connectivity index (χ4n) is 1.90. The van der Waals surface area contributed by atoms with Crippen LogP contribution in [0.2, 0.25) is 0 Å². The van der Waals surface area contributed by atoms with E-state index in [1.54, 1.807) is 24.4 Å². The number of fused-ring (bicyclic) bond motifs is 1. The molecule has 4 heteroatoms. The lowest BCUT2D eigenvalue weighted by Crippen LogP contribution is -1.93. The molecule has 17 heavy (non-hydrogen) atoms. The van der Waals surface area contributed by atoms with E-state index in [1.807, 2.05) is 29.8 Å². The SMILES string of the molecule is Cn1c(-c2ccccn2)nc2ccc(O)cc21. The highest BCUT2D eigenvalue weighted by Gasteiger charge is 2.10. The molecule has 0 fully saturated rings. The van der Waals surface area contributed by atoms with Crippen molar-refractivity contribution in [2.24, 2.45) is 7.05 Å². The Morgan fingerprint density at radius 3 is 2.82 bits per heavy atom. The Morgan fingerprint density at radius 1 is 1.18 bits per heavy atom. The van der Waals surface area contributed by atoms with Crippen molar-refractivity contribution in [1.82, 2.24) is 14.5 Å². The largest absolute Gasteiger partial charge is 0.508 e. The van der Waals surface area contributed by atoms with Gasteiger partial charge in [-0.1, -0.05) is 6.07 Å². The lowest BCUT2D eigenvalue weighted by Gasteiger charge is -2.00. The van der Waals surface area contributed by atoms with Gasteiger partial charge in [-0.3, -0.25) is 4.98 Å². The van der Waals surface area contributed by atoms with E-state index in [0.717, 1.165) is 22.6 Å². The number of imidazole rings is 1. The van der Waals surface area contributed by atoms with Crippen LogP contribution in [0.1, 0.15) is 0 Å². The molecule has 0 spiro atoms. The minimum atomic E-state index is 0.244. The topological polar surface area (TPSA) is 50.9 Å². The van der Waals surface area contributed by atoms with Crippen LogP contribution in [0.25, 0.3) is 22.6 Å². The zero-order valence-electron chi connectivity index (χ0n) is 9.33. The summed E-state index contributed by atoms with van der Waals surface area (Å²) in [6, 6.07) is 10.9. The van der Waals surface area contributed by atoms with E-state index in [0.29, 0.717) is 0 Å². The summed E-state index contributed by atoms with van der Waals surface area (Å²) < 4.78 is 1.93. The van der Waals surface area contributed by atoms with Gasteiger partial charge in [0, 0.05) is 19.3 Å². The Balaban J connectivity index is 2.28. The van der Waals surface area contributed by atoms with E-state index >= 15 is 0 Å². The second-order valence-corrected chi connectivity index (χ2v) is 3.88. The number of aromatic hydroxyl groups is 1. The Kier molecular flexibility index (Phi) is 2.08. The number of hydrogen-bond acceptors (Lipinski definition) is 3. The second kappa shape index (κ2) is 3.59. The van der Waals surface area contributed by atoms with Crippen molar-refractivity contribution in [2.45, 2.75) is 0 Å². The van der Waals surface area contributed by atoms with Crippen LogP contribution < -0.4 is 0 Å². The highest BCUT2D eigenvalue weighted by Crippen LogP contribution is 2.24. The summed E-state index contributed by atoms with van der Waals surface area (Å²) in [5.74, 6) is 1.04. The van der Waals surface area contributed by atoms with Gasteiger partial charge >= 0.3 is 0 Å². The van der Waals surface area contributed by atoms with Gasteiger partial charge in [0.2, 0.25) is 0 Å². The Hall–Kier alpha value is -2.36. The number of hydrogen-bond donors (Lipinski definition) is 1. The molecular formula is C13H11N3O. The van der Waals surface area contributed by atoms with Gasteiger partial charge in [-0.05, 0) is 24.3 Å². The van der Waals surface area contributed by atoms with Crippen LogP contribution in [0, 0.1) is 0 Å². The maximum atomic E-state index is 9.48. The van der Waals surface area contributed by atoms with Crippen LogP contribution in [0.3, 0.4) is 0 Å². The highest BCUT2D eigenvalue weighted by atomic mass is 16.3. The average Bonchev–Trinajstić information content (AvgIpc) is 2.68. The van der Waals surface area contributed by atoms with Gasteiger partial charge in [0.15, 0.2) is 5.82 Å². The molecular weight excluding hydrogens is 214 g/mol. The number of phenolic OH excluding ortho intramolecular Hbond substituents is 1. The quantitative estimate of drug-likeness (QED) is 0.691. The van der Waals surface area contributed by atoms with Crippen LogP contribution >= 0.6 is 0 Å². The number of phenols is 1.